The van der Waals surface area contributed by atoms with Crippen molar-refractivity contribution >= 4 is 5.91 Å². The third-order valence-electron chi connectivity index (χ3n) is 5.23. The van der Waals surface area contributed by atoms with Gasteiger partial charge in [-0.25, -0.2) is 0 Å². The van der Waals surface area contributed by atoms with E-state index in [0.29, 0.717) is 12.1 Å². The molecule has 0 radical (unpaired) electrons. The lowest BCUT2D eigenvalue weighted by molar-refractivity contribution is -0.0601. The number of hydrogen-bond acceptors (Lipinski definition) is 4. The average Bonchev–Trinajstić information content (AvgIpc) is 2.55. The SMILES string of the molecule is CN1CCC[C@]2(CO)CCN(C(=O)c3ccncc3)C[C@@H]12. The molecule has 2 aliphatic heterocycles. The highest BCUT2D eigenvalue weighted by molar-refractivity contribution is 5.94. The van der Waals surface area contributed by atoms with Crippen molar-refractivity contribution in [2.45, 2.75) is 25.3 Å². The molecule has 0 spiro atoms. The molecule has 0 aliphatic carbocycles. The number of likely N-dealkylation sites (N-methyl/N-ethyl adjacent to an activating group) is 1. The Morgan fingerprint density at radius 1 is 1.38 bits per heavy atom. The summed E-state index contributed by atoms with van der Waals surface area (Å²) in [7, 11) is 2.11. The van der Waals surface area contributed by atoms with Crippen LogP contribution in [0.2, 0.25) is 0 Å². The zero-order chi connectivity index (χ0) is 14.9. The van der Waals surface area contributed by atoms with Gasteiger partial charge >= 0.3 is 0 Å². The Labute approximate surface area is 125 Å². The Kier molecular flexibility index (Phi) is 3.95. The van der Waals surface area contributed by atoms with E-state index in [1.54, 1.807) is 24.5 Å². The van der Waals surface area contributed by atoms with Crippen LogP contribution in [0.5, 0.6) is 0 Å². The van der Waals surface area contributed by atoms with Gasteiger partial charge in [0.25, 0.3) is 5.91 Å². The van der Waals surface area contributed by atoms with Gasteiger partial charge in [0, 0.05) is 42.5 Å². The molecule has 0 unspecified atom stereocenters. The number of rotatable bonds is 2. The lowest BCUT2D eigenvalue weighted by atomic mass is 9.69. The monoisotopic (exact) mass is 289 g/mol. The van der Waals surface area contributed by atoms with Gasteiger partial charge in [-0.2, -0.15) is 0 Å². The number of carbonyl (C=O) groups is 1. The van der Waals surface area contributed by atoms with Gasteiger partial charge in [-0.3, -0.25) is 9.78 Å². The highest BCUT2D eigenvalue weighted by Crippen LogP contribution is 2.41. The quantitative estimate of drug-likeness (QED) is 0.882. The van der Waals surface area contributed by atoms with Gasteiger partial charge in [0.05, 0.1) is 6.61 Å². The van der Waals surface area contributed by atoms with Crippen LogP contribution in [0, 0.1) is 5.41 Å². The predicted molar refractivity (Wildman–Crippen MR) is 79.9 cm³/mol. The number of fused-ring (bicyclic) bond motifs is 1. The first-order valence-corrected chi connectivity index (χ1v) is 7.67. The molecule has 1 N–H and O–H groups in total. The molecule has 3 rings (SSSR count). The smallest absolute Gasteiger partial charge is 0.254 e. The largest absolute Gasteiger partial charge is 0.396 e. The first-order chi connectivity index (χ1) is 10.2. The summed E-state index contributed by atoms with van der Waals surface area (Å²) in [5, 5.41) is 9.90. The van der Waals surface area contributed by atoms with E-state index in [1.807, 2.05) is 4.90 Å². The highest BCUT2D eigenvalue weighted by atomic mass is 16.3. The second kappa shape index (κ2) is 5.73. The Morgan fingerprint density at radius 3 is 2.86 bits per heavy atom. The van der Waals surface area contributed by atoms with E-state index in [4.69, 9.17) is 0 Å². The molecular formula is C16H23N3O2. The number of nitrogens with zero attached hydrogens (tertiary/aromatic N) is 3. The van der Waals surface area contributed by atoms with Gasteiger partial charge in [-0.05, 0) is 45.0 Å². The second-order valence-corrected chi connectivity index (χ2v) is 6.36. The Balaban J connectivity index is 1.78. The number of aliphatic hydroxyl groups excluding tert-OH is 1. The fourth-order valence-corrected chi connectivity index (χ4v) is 3.88. The van der Waals surface area contributed by atoms with Gasteiger partial charge in [0.2, 0.25) is 0 Å². The van der Waals surface area contributed by atoms with Crippen molar-refractivity contribution in [3.63, 3.8) is 0 Å². The molecule has 2 saturated heterocycles. The fourth-order valence-electron chi connectivity index (χ4n) is 3.88. The molecule has 2 atom stereocenters. The third-order valence-corrected chi connectivity index (χ3v) is 5.23. The van der Waals surface area contributed by atoms with Crippen LogP contribution in [0.25, 0.3) is 0 Å². The minimum absolute atomic E-state index is 0.0258. The van der Waals surface area contributed by atoms with E-state index >= 15 is 0 Å². The molecule has 5 heteroatoms. The van der Waals surface area contributed by atoms with Gasteiger partial charge in [-0.15, -0.1) is 0 Å². The lowest BCUT2D eigenvalue weighted by Crippen LogP contribution is -2.62. The van der Waals surface area contributed by atoms with Crippen molar-refractivity contribution in [2.24, 2.45) is 5.41 Å². The number of likely N-dealkylation sites (tertiary alicyclic amines) is 2. The maximum absolute atomic E-state index is 12.6. The fraction of sp³-hybridized carbons (Fsp3) is 0.625. The van der Waals surface area contributed by atoms with Crippen LogP contribution in [0.4, 0.5) is 0 Å². The third kappa shape index (κ3) is 2.56. The molecule has 1 amide bonds. The number of aliphatic hydroxyl groups is 1. The van der Waals surface area contributed by atoms with Crippen molar-refractivity contribution in [1.82, 2.24) is 14.8 Å². The van der Waals surface area contributed by atoms with Crippen molar-refractivity contribution in [2.75, 3.05) is 33.3 Å². The van der Waals surface area contributed by atoms with Crippen molar-refractivity contribution in [1.29, 1.82) is 0 Å². The standard InChI is InChI=1S/C16H23N3O2/c1-18-9-2-5-16(12-20)6-10-19(11-14(16)18)15(21)13-3-7-17-8-4-13/h3-4,7-8,14,20H,2,5-6,9-12H2,1H3/t14-,16-/m1/s1. The van der Waals surface area contributed by atoms with Crippen LogP contribution >= 0.6 is 0 Å². The first-order valence-electron chi connectivity index (χ1n) is 7.67. The molecule has 1 aromatic rings. The summed E-state index contributed by atoms with van der Waals surface area (Å²) in [6.07, 6.45) is 6.39. The summed E-state index contributed by atoms with van der Waals surface area (Å²) >= 11 is 0. The molecule has 5 nitrogen and oxygen atoms in total. The summed E-state index contributed by atoms with van der Waals surface area (Å²) in [4.78, 5) is 20.8. The maximum Gasteiger partial charge on any atom is 0.254 e. The number of amides is 1. The van der Waals surface area contributed by atoms with E-state index in [-0.39, 0.29) is 24.0 Å². The van der Waals surface area contributed by atoms with E-state index < -0.39 is 0 Å². The molecule has 2 fully saturated rings. The Bertz CT molecular complexity index is 508. The predicted octanol–water partition coefficient (Wildman–Crippen LogP) is 1.00. The van der Waals surface area contributed by atoms with Gasteiger partial charge < -0.3 is 14.9 Å². The Morgan fingerprint density at radius 2 is 2.14 bits per heavy atom. The van der Waals surface area contributed by atoms with Gasteiger partial charge in [0.1, 0.15) is 0 Å². The maximum atomic E-state index is 12.6. The van der Waals surface area contributed by atoms with Crippen LogP contribution in [-0.4, -0.2) is 65.1 Å². The molecule has 0 bridgehead atoms. The second-order valence-electron chi connectivity index (χ2n) is 6.36. The number of carbonyl (C=O) groups excluding carboxylic acids is 1. The molecule has 0 saturated carbocycles. The minimum atomic E-state index is -0.0258. The lowest BCUT2D eigenvalue weighted by Gasteiger charge is -2.53. The first kappa shape index (κ1) is 14.5. The summed E-state index contributed by atoms with van der Waals surface area (Å²) < 4.78 is 0. The van der Waals surface area contributed by atoms with E-state index in [9.17, 15) is 9.90 Å². The molecule has 114 valence electrons. The topological polar surface area (TPSA) is 56.7 Å². The molecular weight excluding hydrogens is 266 g/mol. The average molecular weight is 289 g/mol. The summed E-state index contributed by atoms with van der Waals surface area (Å²) in [5.41, 5.74) is 0.669. The zero-order valence-electron chi connectivity index (χ0n) is 12.5. The molecule has 2 aliphatic rings. The normalized spacial score (nSPS) is 30.0. The van der Waals surface area contributed by atoms with E-state index in [1.165, 1.54) is 0 Å². The molecule has 3 heterocycles. The Hall–Kier alpha value is -1.46. The molecule has 1 aromatic heterocycles. The van der Waals surface area contributed by atoms with Crippen LogP contribution in [0.1, 0.15) is 29.6 Å². The molecule has 21 heavy (non-hydrogen) atoms. The zero-order valence-corrected chi connectivity index (χ0v) is 12.5. The summed E-state index contributed by atoms with van der Waals surface area (Å²) in [6.45, 7) is 2.70. The van der Waals surface area contributed by atoms with Crippen LogP contribution in [0.3, 0.4) is 0 Å². The summed E-state index contributed by atoms with van der Waals surface area (Å²) in [5.74, 6) is 0.0721. The number of hydrogen-bond donors (Lipinski definition) is 1. The number of aromatic nitrogens is 1. The van der Waals surface area contributed by atoms with Crippen molar-refractivity contribution in [3.05, 3.63) is 30.1 Å². The van der Waals surface area contributed by atoms with Gasteiger partial charge in [0.15, 0.2) is 0 Å². The van der Waals surface area contributed by atoms with E-state index in [0.717, 1.165) is 32.4 Å². The minimum Gasteiger partial charge on any atom is -0.396 e. The highest BCUT2D eigenvalue weighted by Gasteiger charge is 2.47. The van der Waals surface area contributed by atoms with Crippen molar-refractivity contribution < 1.29 is 9.90 Å². The number of piperidine rings is 2. The summed E-state index contributed by atoms with van der Waals surface area (Å²) in [6, 6.07) is 3.79. The number of pyridine rings is 1. The van der Waals surface area contributed by atoms with E-state index in [2.05, 4.69) is 16.9 Å². The van der Waals surface area contributed by atoms with Gasteiger partial charge in [-0.1, -0.05) is 0 Å². The van der Waals surface area contributed by atoms with Crippen molar-refractivity contribution in [3.8, 4) is 0 Å². The van der Waals surface area contributed by atoms with Crippen LogP contribution < -0.4 is 0 Å². The van der Waals surface area contributed by atoms with Crippen LogP contribution in [0.15, 0.2) is 24.5 Å². The van der Waals surface area contributed by atoms with Crippen LogP contribution in [-0.2, 0) is 0 Å². The molecule has 0 aromatic carbocycles.